The second kappa shape index (κ2) is 4.35. The quantitative estimate of drug-likeness (QED) is 0.873. The predicted molar refractivity (Wildman–Crippen MR) is 67.2 cm³/mol. The predicted octanol–water partition coefficient (Wildman–Crippen LogP) is 0.955. The van der Waals surface area contributed by atoms with Crippen LogP contribution in [-0.4, -0.2) is 38.4 Å². The summed E-state index contributed by atoms with van der Waals surface area (Å²) in [5.74, 6) is -0.194. The van der Waals surface area contributed by atoms with Gasteiger partial charge in [0.05, 0.1) is 0 Å². The van der Waals surface area contributed by atoms with E-state index in [4.69, 9.17) is 4.42 Å². The second-order valence-corrected chi connectivity index (χ2v) is 6.81. The summed E-state index contributed by atoms with van der Waals surface area (Å²) in [6.45, 7) is 0. The van der Waals surface area contributed by atoms with Crippen LogP contribution in [0.4, 0.5) is 0 Å². The molecule has 7 heteroatoms. The van der Waals surface area contributed by atoms with E-state index in [1.807, 2.05) is 0 Å². The number of rotatable bonds is 5. The molecule has 6 nitrogen and oxygen atoms in total. The van der Waals surface area contributed by atoms with Crippen LogP contribution in [0.1, 0.15) is 36.2 Å². The zero-order chi connectivity index (χ0) is 13.6. The molecular formula is C12H16N2O4S. The third-order valence-electron chi connectivity index (χ3n) is 3.37. The summed E-state index contributed by atoms with van der Waals surface area (Å²) in [6, 6.07) is 3.03. The number of hydrogen-bond donors (Lipinski definition) is 1. The summed E-state index contributed by atoms with van der Waals surface area (Å²) in [7, 11) is -1.92. The van der Waals surface area contributed by atoms with Crippen molar-refractivity contribution >= 4 is 15.9 Å². The van der Waals surface area contributed by atoms with Crippen molar-refractivity contribution in [3.05, 3.63) is 17.9 Å². The average molecular weight is 284 g/mol. The molecule has 2 aliphatic rings. The Kier molecular flexibility index (Phi) is 2.90. The number of carbonyl (C=O) groups excluding carboxylic acids is 1. The first kappa shape index (κ1) is 12.7. The van der Waals surface area contributed by atoms with Gasteiger partial charge in [-0.15, -0.1) is 0 Å². The van der Waals surface area contributed by atoms with Crippen LogP contribution < -0.4 is 4.72 Å². The van der Waals surface area contributed by atoms with Crippen LogP contribution in [0.5, 0.6) is 0 Å². The maximum Gasteiger partial charge on any atom is 0.289 e. The van der Waals surface area contributed by atoms with Gasteiger partial charge in [0, 0.05) is 19.1 Å². The molecule has 0 bridgehead atoms. The van der Waals surface area contributed by atoms with E-state index in [0.29, 0.717) is 0 Å². The topological polar surface area (TPSA) is 79.6 Å². The van der Waals surface area contributed by atoms with Crippen LogP contribution in [0.3, 0.4) is 0 Å². The minimum atomic E-state index is -3.63. The van der Waals surface area contributed by atoms with E-state index >= 15 is 0 Å². The van der Waals surface area contributed by atoms with Gasteiger partial charge < -0.3 is 9.32 Å². The molecule has 0 radical (unpaired) electrons. The smallest absolute Gasteiger partial charge is 0.289 e. The zero-order valence-corrected chi connectivity index (χ0v) is 11.4. The van der Waals surface area contributed by atoms with Gasteiger partial charge in [0.2, 0.25) is 5.09 Å². The Bertz CT molecular complexity index is 599. The largest absolute Gasteiger partial charge is 0.438 e. The molecule has 104 valence electrons. The van der Waals surface area contributed by atoms with Gasteiger partial charge in [-0.3, -0.25) is 4.79 Å². The fraction of sp³-hybridized carbons (Fsp3) is 0.583. The highest BCUT2D eigenvalue weighted by Gasteiger charge is 2.33. The molecule has 2 fully saturated rings. The van der Waals surface area contributed by atoms with Crippen molar-refractivity contribution in [1.29, 1.82) is 0 Å². The number of sulfonamides is 1. The van der Waals surface area contributed by atoms with Crippen LogP contribution in [-0.2, 0) is 10.0 Å². The Morgan fingerprint density at radius 2 is 2.00 bits per heavy atom. The maximum atomic E-state index is 12.0. The molecule has 0 spiro atoms. The number of amides is 1. The standard InChI is InChI=1S/C12H16N2O4S/c1-14(9-4-5-9)12(15)10-6-7-11(18-10)19(16,17)13-8-2-3-8/h6-9,13H,2-5H2,1H3. The normalized spacial score (nSPS) is 19.4. The van der Waals surface area contributed by atoms with Gasteiger partial charge in [-0.2, -0.15) is 0 Å². The highest BCUT2D eigenvalue weighted by Crippen LogP contribution is 2.28. The van der Waals surface area contributed by atoms with Gasteiger partial charge in [0.15, 0.2) is 5.76 Å². The first-order valence-electron chi connectivity index (χ1n) is 6.37. The summed E-state index contributed by atoms with van der Waals surface area (Å²) in [6.07, 6.45) is 3.71. The van der Waals surface area contributed by atoms with Crippen LogP contribution >= 0.6 is 0 Å². The summed E-state index contributed by atoms with van der Waals surface area (Å²) < 4.78 is 31.5. The fourth-order valence-electron chi connectivity index (χ4n) is 1.86. The van der Waals surface area contributed by atoms with E-state index in [0.717, 1.165) is 25.7 Å². The maximum absolute atomic E-state index is 12.0. The molecule has 0 atom stereocenters. The van der Waals surface area contributed by atoms with Crippen LogP contribution in [0.2, 0.25) is 0 Å². The summed E-state index contributed by atoms with van der Waals surface area (Å²) >= 11 is 0. The zero-order valence-electron chi connectivity index (χ0n) is 10.6. The van der Waals surface area contributed by atoms with Crippen molar-refractivity contribution in [2.24, 2.45) is 0 Å². The molecule has 0 aromatic carbocycles. The number of carbonyl (C=O) groups is 1. The van der Waals surface area contributed by atoms with Gasteiger partial charge in [0.1, 0.15) is 0 Å². The minimum absolute atomic E-state index is 0.0170. The van der Waals surface area contributed by atoms with E-state index in [-0.39, 0.29) is 28.8 Å². The van der Waals surface area contributed by atoms with Gasteiger partial charge in [-0.05, 0) is 37.8 Å². The summed E-state index contributed by atoms with van der Waals surface area (Å²) in [5.41, 5.74) is 0. The van der Waals surface area contributed by atoms with Crippen molar-refractivity contribution in [2.75, 3.05) is 7.05 Å². The van der Waals surface area contributed by atoms with Crippen LogP contribution in [0, 0.1) is 0 Å². The second-order valence-electron chi connectivity index (χ2n) is 5.16. The van der Waals surface area contributed by atoms with Gasteiger partial charge >= 0.3 is 0 Å². The van der Waals surface area contributed by atoms with E-state index in [1.54, 1.807) is 11.9 Å². The van der Waals surface area contributed by atoms with Gasteiger partial charge in [-0.1, -0.05) is 0 Å². The van der Waals surface area contributed by atoms with Crippen LogP contribution in [0.15, 0.2) is 21.6 Å². The highest BCUT2D eigenvalue weighted by molar-refractivity contribution is 7.89. The Morgan fingerprint density at radius 3 is 2.58 bits per heavy atom. The lowest BCUT2D eigenvalue weighted by atomic mass is 10.4. The molecule has 0 saturated heterocycles. The van der Waals surface area contributed by atoms with Crippen LogP contribution in [0.25, 0.3) is 0 Å². The van der Waals surface area contributed by atoms with Crippen molar-refractivity contribution in [3.8, 4) is 0 Å². The van der Waals surface area contributed by atoms with Crippen molar-refractivity contribution in [2.45, 2.75) is 42.9 Å². The third-order valence-corrected chi connectivity index (χ3v) is 4.76. The molecule has 0 aliphatic heterocycles. The Hall–Kier alpha value is -1.34. The van der Waals surface area contributed by atoms with Crippen molar-refractivity contribution in [3.63, 3.8) is 0 Å². The number of nitrogens with zero attached hydrogens (tertiary/aromatic N) is 1. The third kappa shape index (κ3) is 2.66. The van der Waals surface area contributed by atoms with Gasteiger partial charge in [0.25, 0.3) is 15.9 Å². The lowest BCUT2D eigenvalue weighted by molar-refractivity contribution is 0.0747. The Morgan fingerprint density at radius 1 is 1.32 bits per heavy atom. The fourth-order valence-corrected chi connectivity index (χ4v) is 3.10. The molecule has 0 unspecified atom stereocenters. The highest BCUT2D eigenvalue weighted by atomic mass is 32.2. The average Bonchev–Trinajstić information content (AvgIpc) is 3.27. The van der Waals surface area contributed by atoms with Gasteiger partial charge in [-0.25, -0.2) is 13.1 Å². The molecule has 1 heterocycles. The molecule has 1 N–H and O–H groups in total. The monoisotopic (exact) mass is 284 g/mol. The number of hydrogen-bond acceptors (Lipinski definition) is 4. The van der Waals surface area contributed by atoms with E-state index in [9.17, 15) is 13.2 Å². The van der Waals surface area contributed by atoms with Crippen molar-refractivity contribution < 1.29 is 17.6 Å². The molecule has 2 saturated carbocycles. The SMILES string of the molecule is CN(C(=O)c1ccc(S(=O)(=O)NC2CC2)o1)C1CC1. The van der Waals surface area contributed by atoms with E-state index < -0.39 is 10.0 Å². The molecule has 19 heavy (non-hydrogen) atoms. The minimum Gasteiger partial charge on any atom is -0.438 e. The van der Waals surface area contributed by atoms with Crippen molar-refractivity contribution in [1.82, 2.24) is 9.62 Å². The van der Waals surface area contributed by atoms with E-state index in [2.05, 4.69) is 4.72 Å². The lowest BCUT2D eigenvalue weighted by Gasteiger charge is -2.13. The molecule has 1 aromatic heterocycles. The summed E-state index contributed by atoms with van der Waals surface area (Å²) in [5, 5.41) is -0.188. The first-order chi connectivity index (χ1) is 8.97. The number of furan rings is 1. The molecule has 1 aromatic rings. The Balaban J connectivity index is 1.76. The molecule has 2 aliphatic carbocycles. The first-order valence-corrected chi connectivity index (χ1v) is 7.85. The number of nitrogens with one attached hydrogen (secondary N) is 1. The van der Waals surface area contributed by atoms with E-state index in [1.165, 1.54) is 12.1 Å². The Labute approximate surface area is 111 Å². The lowest BCUT2D eigenvalue weighted by Crippen LogP contribution is -2.28. The molecule has 3 rings (SSSR count). The molecular weight excluding hydrogens is 268 g/mol. The molecule has 1 amide bonds. The summed E-state index contributed by atoms with van der Waals surface area (Å²) in [4.78, 5) is 13.6.